The quantitative estimate of drug-likeness (QED) is 0.746. The molecule has 156 valence electrons. The number of carbonyl (C=O) groups excluding carboxylic acids is 2. The molecule has 11 heteroatoms. The van der Waals surface area contributed by atoms with Gasteiger partial charge in [-0.25, -0.2) is 19.0 Å². The first-order chi connectivity index (χ1) is 13.4. The molecule has 1 aromatic carbocycles. The highest BCUT2D eigenvalue weighted by molar-refractivity contribution is 7.89. The minimum atomic E-state index is -3.96. The highest BCUT2D eigenvalue weighted by Crippen LogP contribution is 2.38. The van der Waals surface area contributed by atoms with E-state index in [1.807, 2.05) is 19.9 Å². The van der Waals surface area contributed by atoms with Crippen molar-refractivity contribution < 1.29 is 18.0 Å². The molecule has 2 amide bonds. The van der Waals surface area contributed by atoms with Crippen molar-refractivity contribution in [2.75, 3.05) is 16.9 Å². The average molecular weight is 440 g/mol. The molecule has 1 aromatic heterocycles. The predicted molar refractivity (Wildman–Crippen MR) is 109 cm³/mol. The number of anilines is 1. The van der Waals surface area contributed by atoms with Crippen molar-refractivity contribution in [1.29, 1.82) is 0 Å². The standard InChI is InChI=1S/C18H22ClN5O4S/c1-9-5-14(16(19)12(4)17(9)29(20,27)28)23-8-13(7-15(23)25)18(26)22-24-11(3)6-10(2)21-24/h5-6,13H,7-8H2,1-4H3,(H,22,26)(H2,20,27,28). The van der Waals surface area contributed by atoms with Crippen molar-refractivity contribution >= 4 is 39.1 Å². The van der Waals surface area contributed by atoms with E-state index in [0.717, 1.165) is 11.4 Å². The van der Waals surface area contributed by atoms with Crippen LogP contribution in [0.5, 0.6) is 0 Å². The lowest BCUT2D eigenvalue weighted by atomic mass is 10.1. The summed E-state index contributed by atoms with van der Waals surface area (Å²) in [6, 6.07) is 3.33. The largest absolute Gasteiger partial charge is 0.310 e. The molecule has 1 saturated heterocycles. The number of carbonyl (C=O) groups is 2. The zero-order valence-electron chi connectivity index (χ0n) is 16.5. The molecule has 9 nitrogen and oxygen atoms in total. The van der Waals surface area contributed by atoms with Gasteiger partial charge in [-0.15, -0.1) is 0 Å². The Bertz CT molecular complexity index is 1130. The van der Waals surface area contributed by atoms with Crippen LogP contribution in [0, 0.1) is 33.6 Å². The van der Waals surface area contributed by atoms with Gasteiger partial charge in [-0.1, -0.05) is 11.6 Å². The van der Waals surface area contributed by atoms with Crippen molar-refractivity contribution in [1.82, 2.24) is 9.89 Å². The number of rotatable bonds is 4. The molecule has 0 saturated carbocycles. The van der Waals surface area contributed by atoms with E-state index in [0.29, 0.717) is 11.3 Å². The van der Waals surface area contributed by atoms with E-state index < -0.39 is 15.9 Å². The Morgan fingerprint density at radius 3 is 2.48 bits per heavy atom. The Hall–Kier alpha value is -2.43. The van der Waals surface area contributed by atoms with E-state index >= 15 is 0 Å². The van der Waals surface area contributed by atoms with Crippen molar-refractivity contribution in [3.63, 3.8) is 0 Å². The van der Waals surface area contributed by atoms with E-state index in [9.17, 15) is 18.0 Å². The van der Waals surface area contributed by atoms with Gasteiger partial charge in [0.05, 0.1) is 32.9 Å². The van der Waals surface area contributed by atoms with E-state index in [1.54, 1.807) is 6.92 Å². The smallest absolute Gasteiger partial charge is 0.245 e. The van der Waals surface area contributed by atoms with Crippen LogP contribution >= 0.6 is 11.6 Å². The highest BCUT2D eigenvalue weighted by Gasteiger charge is 2.37. The van der Waals surface area contributed by atoms with Crippen LogP contribution in [-0.2, 0) is 19.6 Å². The number of primary sulfonamides is 1. The van der Waals surface area contributed by atoms with Gasteiger partial charge in [0.1, 0.15) is 0 Å². The third-order valence-corrected chi connectivity index (χ3v) is 6.58. The first-order valence-corrected chi connectivity index (χ1v) is 10.8. The zero-order chi connectivity index (χ0) is 21.7. The highest BCUT2D eigenvalue weighted by atomic mass is 35.5. The van der Waals surface area contributed by atoms with Crippen molar-refractivity contribution in [3.8, 4) is 0 Å². The summed E-state index contributed by atoms with van der Waals surface area (Å²) in [6.45, 7) is 6.86. The fourth-order valence-corrected chi connectivity index (χ4v) is 4.95. The summed E-state index contributed by atoms with van der Waals surface area (Å²) in [5, 5.41) is 9.58. The Morgan fingerprint density at radius 2 is 1.93 bits per heavy atom. The SMILES string of the molecule is Cc1cc(C)n(NC(=O)C2CC(=O)N(c3cc(C)c(S(N)(=O)=O)c(C)c3Cl)C2)n1. The number of sulfonamides is 1. The maximum Gasteiger partial charge on any atom is 0.245 e. The van der Waals surface area contributed by atoms with Gasteiger partial charge in [-0.05, 0) is 51.0 Å². The van der Waals surface area contributed by atoms with Gasteiger partial charge < -0.3 is 4.90 Å². The molecule has 1 atom stereocenters. The first-order valence-electron chi connectivity index (χ1n) is 8.87. The number of hydrogen-bond acceptors (Lipinski definition) is 5. The molecule has 0 radical (unpaired) electrons. The number of nitrogens with two attached hydrogens (primary N) is 1. The van der Waals surface area contributed by atoms with Gasteiger partial charge in [0.2, 0.25) is 21.8 Å². The van der Waals surface area contributed by atoms with Crippen LogP contribution in [-0.4, -0.2) is 36.7 Å². The molecule has 3 rings (SSSR count). The third-order valence-electron chi connectivity index (χ3n) is 4.90. The monoisotopic (exact) mass is 439 g/mol. The maximum absolute atomic E-state index is 12.6. The Labute approximate surface area is 173 Å². The van der Waals surface area contributed by atoms with Crippen molar-refractivity contribution in [3.05, 3.63) is 39.7 Å². The molecule has 2 aromatic rings. The summed E-state index contributed by atoms with van der Waals surface area (Å²) in [7, 11) is -3.96. The average Bonchev–Trinajstić information content (AvgIpc) is 3.12. The molecule has 29 heavy (non-hydrogen) atoms. The second kappa shape index (κ2) is 7.43. The van der Waals surface area contributed by atoms with Crippen LogP contribution in [0.25, 0.3) is 0 Å². The van der Waals surface area contributed by atoms with Crippen molar-refractivity contribution in [2.45, 2.75) is 39.0 Å². The number of hydrogen-bond donors (Lipinski definition) is 2. The molecule has 1 aliphatic heterocycles. The lowest BCUT2D eigenvalue weighted by Gasteiger charge is -2.22. The van der Waals surface area contributed by atoms with Gasteiger partial charge in [-0.2, -0.15) is 9.89 Å². The molecular formula is C18H22ClN5O4S. The van der Waals surface area contributed by atoms with Crippen LogP contribution in [0.3, 0.4) is 0 Å². The summed E-state index contributed by atoms with van der Waals surface area (Å²) < 4.78 is 23.7. The maximum atomic E-state index is 12.6. The molecule has 0 spiro atoms. The van der Waals surface area contributed by atoms with Gasteiger partial charge in [-0.3, -0.25) is 9.59 Å². The number of nitrogens with one attached hydrogen (secondary N) is 1. The van der Waals surface area contributed by atoms with Crippen LogP contribution in [0.15, 0.2) is 17.0 Å². The van der Waals surface area contributed by atoms with E-state index in [-0.39, 0.29) is 40.3 Å². The van der Waals surface area contributed by atoms with Gasteiger partial charge in [0.15, 0.2) is 0 Å². The molecule has 1 aliphatic rings. The van der Waals surface area contributed by atoms with Crippen LogP contribution in [0.4, 0.5) is 5.69 Å². The fraction of sp³-hybridized carbons (Fsp3) is 0.389. The summed E-state index contributed by atoms with van der Waals surface area (Å²) in [4.78, 5) is 27.9. The predicted octanol–water partition coefficient (Wildman–Crippen LogP) is 1.54. The van der Waals surface area contributed by atoms with E-state index in [2.05, 4.69) is 10.5 Å². The fourth-order valence-electron chi connectivity index (χ4n) is 3.61. The number of nitrogens with zero attached hydrogens (tertiary/aromatic N) is 3. The Kier molecular flexibility index (Phi) is 5.46. The summed E-state index contributed by atoms with van der Waals surface area (Å²) in [6.07, 6.45) is 0.0104. The number of aryl methyl sites for hydroxylation is 3. The van der Waals surface area contributed by atoms with Crippen molar-refractivity contribution in [2.24, 2.45) is 11.1 Å². The summed E-state index contributed by atoms with van der Waals surface area (Å²) in [5.74, 6) is -1.21. The Morgan fingerprint density at radius 1 is 1.28 bits per heavy atom. The van der Waals surface area contributed by atoms with Gasteiger partial charge in [0.25, 0.3) is 0 Å². The third kappa shape index (κ3) is 4.00. The molecule has 2 heterocycles. The van der Waals surface area contributed by atoms with Gasteiger partial charge in [0, 0.05) is 13.0 Å². The molecular weight excluding hydrogens is 418 g/mol. The van der Waals surface area contributed by atoms with Crippen LogP contribution in [0.1, 0.15) is 28.9 Å². The Balaban J connectivity index is 1.87. The molecule has 0 aliphatic carbocycles. The molecule has 0 bridgehead atoms. The molecule has 1 unspecified atom stereocenters. The van der Waals surface area contributed by atoms with Crippen LogP contribution < -0.4 is 15.5 Å². The summed E-state index contributed by atoms with van der Waals surface area (Å²) >= 11 is 6.37. The minimum absolute atomic E-state index is 0.0104. The molecule has 1 fully saturated rings. The summed E-state index contributed by atoms with van der Waals surface area (Å²) in [5.41, 5.74) is 5.24. The van der Waals surface area contributed by atoms with Gasteiger partial charge >= 0.3 is 0 Å². The second-order valence-electron chi connectivity index (χ2n) is 7.25. The lowest BCUT2D eigenvalue weighted by molar-refractivity contribution is -0.123. The minimum Gasteiger partial charge on any atom is -0.310 e. The number of halogens is 1. The second-order valence-corrected chi connectivity index (χ2v) is 9.12. The zero-order valence-corrected chi connectivity index (χ0v) is 18.1. The van der Waals surface area contributed by atoms with E-state index in [4.69, 9.17) is 16.7 Å². The van der Waals surface area contributed by atoms with Crippen LogP contribution in [0.2, 0.25) is 5.02 Å². The first kappa shape index (κ1) is 21.3. The number of benzene rings is 1. The topological polar surface area (TPSA) is 127 Å². The van der Waals surface area contributed by atoms with E-state index in [1.165, 1.54) is 22.7 Å². The molecule has 3 N–H and O–H groups in total. The number of amides is 2. The normalized spacial score (nSPS) is 17.1. The lowest BCUT2D eigenvalue weighted by Crippen LogP contribution is -2.33. The number of aromatic nitrogens is 2.